The van der Waals surface area contributed by atoms with E-state index in [-0.39, 0.29) is 11.7 Å². The number of benzene rings is 3. The Hall–Kier alpha value is -2.60. The Morgan fingerprint density at radius 3 is 2.04 bits per heavy atom. The normalized spacial score (nSPS) is 11.9. The van der Waals surface area contributed by atoms with Gasteiger partial charge in [-0.15, -0.1) is 0 Å². The Morgan fingerprint density at radius 2 is 1.46 bits per heavy atom. The highest BCUT2D eigenvalue weighted by Crippen LogP contribution is 2.27. The van der Waals surface area contributed by atoms with E-state index < -0.39 is 0 Å². The van der Waals surface area contributed by atoms with E-state index in [1.54, 1.807) is 22.8 Å². The van der Waals surface area contributed by atoms with Gasteiger partial charge in [0.15, 0.2) is 0 Å². The molecule has 0 fully saturated rings. The van der Waals surface area contributed by atoms with Gasteiger partial charge in [0.25, 0.3) is 0 Å². The molecule has 4 aromatic rings. The van der Waals surface area contributed by atoms with Crippen LogP contribution in [-0.4, -0.2) is 8.94 Å². The van der Waals surface area contributed by atoms with Gasteiger partial charge in [-0.1, -0.05) is 83.9 Å². The van der Waals surface area contributed by atoms with Crippen molar-refractivity contribution in [2.24, 2.45) is 4.99 Å². The maximum atomic E-state index is 12.8. The number of halogens is 2. The van der Waals surface area contributed by atoms with Crippen molar-refractivity contribution >= 4 is 40.4 Å². The van der Waals surface area contributed by atoms with Crippen LogP contribution in [0.5, 0.6) is 0 Å². The highest BCUT2D eigenvalue weighted by Gasteiger charge is 2.20. The maximum absolute atomic E-state index is 12.8. The Morgan fingerprint density at radius 1 is 0.857 bits per heavy atom. The highest BCUT2D eigenvalue weighted by atomic mass is 35.5. The van der Waals surface area contributed by atoms with Gasteiger partial charge in [0.2, 0.25) is 4.80 Å². The van der Waals surface area contributed by atoms with Crippen LogP contribution in [0, 0.1) is 0 Å². The molecular weight excluding hydrogens is 413 g/mol. The first-order valence-corrected chi connectivity index (χ1v) is 10.1. The fourth-order valence-electron chi connectivity index (χ4n) is 3.01. The molecule has 0 saturated heterocycles. The number of nitrogens with zero attached hydrogens (tertiary/aromatic N) is 2. The number of H-pyrrole nitrogens is 1. The van der Waals surface area contributed by atoms with Crippen LogP contribution in [0.2, 0.25) is 10.0 Å². The first kappa shape index (κ1) is 18.7. The summed E-state index contributed by atoms with van der Waals surface area (Å²) in [5.41, 5.74) is 2.39. The molecule has 1 heterocycles. The average Bonchev–Trinajstić information content (AvgIpc) is 3.07. The average molecular weight is 428 g/mol. The van der Waals surface area contributed by atoms with E-state index in [1.165, 1.54) is 11.5 Å². The van der Waals surface area contributed by atoms with Gasteiger partial charge in [-0.2, -0.15) is 0 Å². The second-order valence-corrected chi connectivity index (χ2v) is 7.68. The molecule has 4 rings (SSSR count). The Kier molecular flexibility index (Phi) is 5.48. The molecule has 0 aliphatic rings. The SMILES string of the molecule is O=c1[nH]sc(=Nc2ccc(Cl)c(Cl)c2)n1C(c1ccccc1)c1ccccc1. The predicted molar refractivity (Wildman–Crippen MR) is 115 cm³/mol. The van der Waals surface area contributed by atoms with Gasteiger partial charge in [0.05, 0.1) is 21.8 Å². The van der Waals surface area contributed by atoms with Crippen molar-refractivity contribution in [2.45, 2.75) is 6.04 Å². The monoisotopic (exact) mass is 427 g/mol. The molecule has 0 spiro atoms. The molecule has 0 radical (unpaired) electrons. The van der Waals surface area contributed by atoms with Gasteiger partial charge in [0.1, 0.15) is 0 Å². The second-order valence-electron chi connectivity index (χ2n) is 6.10. The molecule has 0 aliphatic heterocycles. The van der Waals surface area contributed by atoms with Crippen LogP contribution in [-0.2, 0) is 0 Å². The summed E-state index contributed by atoms with van der Waals surface area (Å²) in [5.74, 6) is 0. The summed E-state index contributed by atoms with van der Waals surface area (Å²) in [7, 11) is 0. The summed E-state index contributed by atoms with van der Waals surface area (Å²) in [6.45, 7) is 0. The van der Waals surface area contributed by atoms with Crippen molar-refractivity contribution < 1.29 is 0 Å². The molecule has 1 aromatic heterocycles. The number of rotatable bonds is 4. The molecule has 0 amide bonds. The lowest BCUT2D eigenvalue weighted by atomic mass is 9.99. The van der Waals surface area contributed by atoms with E-state index >= 15 is 0 Å². The maximum Gasteiger partial charge on any atom is 0.338 e. The summed E-state index contributed by atoms with van der Waals surface area (Å²) >= 11 is 13.3. The summed E-state index contributed by atoms with van der Waals surface area (Å²) in [6, 6.07) is 24.6. The van der Waals surface area contributed by atoms with Crippen LogP contribution in [0.3, 0.4) is 0 Å². The lowest BCUT2D eigenvalue weighted by molar-refractivity contribution is 0.628. The van der Waals surface area contributed by atoms with Crippen LogP contribution in [0.25, 0.3) is 0 Å². The van der Waals surface area contributed by atoms with Crippen LogP contribution in [0.15, 0.2) is 88.6 Å². The number of nitrogens with one attached hydrogen (secondary N) is 1. The molecule has 0 atom stereocenters. The van der Waals surface area contributed by atoms with E-state index in [0.29, 0.717) is 20.5 Å². The molecule has 140 valence electrons. The van der Waals surface area contributed by atoms with E-state index in [1.807, 2.05) is 60.7 Å². The molecule has 4 nitrogen and oxygen atoms in total. The Bertz CT molecular complexity index is 1170. The molecule has 0 bridgehead atoms. The fourth-order valence-corrected chi connectivity index (χ4v) is 4.01. The molecule has 1 N–H and O–H groups in total. The fraction of sp³-hybridized carbons (Fsp3) is 0.0476. The van der Waals surface area contributed by atoms with Crippen LogP contribution in [0.1, 0.15) is 17.2 Å². The zero-order valence-electron chi connectivity index (χ0n) is 14.5. The van der Waals surface area contributed by atoms with Crippen LogP contribution < -0.4 is 10.5 Å². The topological polar surface area (TPSA) is 50.1 Å². The van der Waals surface area contributed by atoms with Gasteiger partial charge < -0.3 is 0 Å². The minimum Gasteiger partial charge on any atom is -0.259 e. The van der Waals surface area contributed by atoms with Gasteiger partial charge in [-0.25, -0.2) is 9.79 Å². The summed E-state index contributed by atoms with van der Waals surface area (Å²) < 4.78 is 4.46. The molecule has 3 aromatic carbocycles. The van der Waals surface area contributed by atoms with Crippen LogP contribution >= 0.6 is 34.7 Å². The largest absolute Gasteiger partial charge is 0.338 e. The quantitative estimate of drug-likeness (QED) is 0.464. The lowest BCUT2D eigenvalue weighted by Crippen LogP contribution is -2.32. The zero-order valence-corrected chi connectivity index (χ0v) is 16.9. The number of hydrogen-bond acceptors (Lipinski definition) is 3. The zero-order chi connectivity index (χ0) is 19.5. The van der Waals surface area contributed by atoms with Crippen LogP contribution in [0.4, 0.5) is 5.69 Å². The molecule has 7 heteroatoms. The van der Waals surface area contributed by atoms with E-state index in [9.17, 15) is 4.79 Å². The minimum absolute atomic E-state index is 0.221. The predicted octanol–water partition coefficient (Wildman–Crippen LogP) is 5.41. The Balaban J connectivity index is 1.93. The molecule has 0 saturated carbocycles. The van der Waals surface area contributed by atoms with Gasteiger partial charge in [0, 0.05) is 0 Å². The molecular formula is C21H15Cl2N3OS. The molecule has 0 aliphatic carbocycles. The molecule has 28 heavy (non-hydrogen) atoms. The van der Waals surface area contributed by atoms with Gasteiger partial charge in [-0.3, -0.25) is 8.94 Å². The highest BCUT2D eigenvalue weighted by molar-refractivity contribution is 7.02. The third-order valence-corrected chi connectivity index (χ3v) is 5.76. The minimum atomic E-state index is -0.307. The van der Waals surface area contributed by atoms with Crippen molar-refractivity contribution in [1.29, 1.82) is 0 Å². The van der Waals surface area contributed by atoms with Crippen molar-refractivity contribution in [3.8, 4) is 0 Å². The van der Waals surface area contributed by atoms with Gasteiger partial charge >= 0.3 is 5.69 Å². The lowest BCUT2D eigenvalue weighted by Gasteiger charge is -2.18. The first-order valence-electron chi connectivity index (χ1n) is 8.53. The second kappa shape index (κ2) is 8.19. The summed E-state index contributed by atoms with van der Waals surface area (Å²) in [6.07, 6.45) is 0. The third-order valence-electron chi connectivity index (χ3n) is 4.27. The number of hydrogen-bond donors (Lipinski definition) is 1. The van der Waals surface area contributed by atoms with E-state index in [4.69, 9.17) is 23.2 Å². The van der Waals surface area contributed by atoms with Crippen molar-refractivity contribution in [3.05, 3.63) is 115 Å². The van der Waals surface area contributed by atoms with Crippen molar-refractivity contribution in [2.75, 3.05) is 0 Å². The number of aromatic amines is 1. The standard InChI is InChI=1S/C21H15Cl2N3OS/c22-17-12-11-16(13-18(17)23)24-21-26(20(27)25-28-21)19(14-7-3-1-4-8-14)15-9-5-2-6-10-15/h1-13,19H,(H,25,27). The molecule has 0 unspecified atom stereocenters. The number of aromatic nitrogens is 2. The Labute approximate surface area is 175 Å². The van der Waals surface area contributed by atoms with Crippen molar-refractivity contribution in [1.82, 2.24) is 8.94 Å². The van der Waals surface area contributed by atoms with E-state index in [0.717, 1.165) is 11.1 Å². The van der Waals surface area contributed by atoms with Crippen molar-refractivity contribution in [3.63, 3.8) is 0 Å². The smallest absolute Gasteiger partial charge is 0.259 e. The summed E-state index contributed by atoms with van der Waals surface area (Å²) in [5, 5.41) is 0.877. The van der Waals surface area contributed by atoms with E-state index in [2.05, 4.69) is 9.37 Å². The first-order chi connectivity index (χ1) is 13.6. The summed E-state index contributed by atoms with van der Waals surface area (Å²) in [4.78, 5) is 17.9. The third kappa shape index (κ3) is 3.83. The van der Waals surface area contributed by atoms with Gasteiger partial charge in [-0.05, 0) is 40.9 Å².